The molecule has 2 unspecified atom stereocenters. The van der Waals surface area contributed by atoms with Crippen molar-refractivity contribution in [3.05, 3.63) is 63.7 Å². The van der Waals surface area contributed by atoms with Gasteiger partial charge in [-0.1, -0.05) is 18.2 Å². The van der Waals surface area contributed by atoms with Crippen LogP contribution in [0.1, 0.15) is 31.1 Å². The van der Waals surface area contributed by atoms with Crippen molar-refractivity contribution >= 4 is 22.3 Å². The molecule has 1 aliphatic rings. The van der Waals surface area contributed by atoms with Gasteiger partial charge in [0.1, 0.15) is 0 Å². The summed E-state index contributed by atoms with van der Waals surface area (Å²) in [5, 5.41) is 10.2. The Morgan fingerprint density at radius 2 is 1.82 bits per heavy atom. The first kappa shape index (κ1) is 16.3. The van der Waals surface area contributed by atoms with Crippen LogP contribution in [-0.2, 0) is 10.8 Å². The first-order valence-corrected chi connectivity index (χ1v) is 8.01. The van der Waals surface area contributed by atoms with E-state index in [1.165, 1.54) is 24.3 Å². The Morgan fingerprint density at radius 3 is 2.32 bits per heavy atom. The van der Waals surface area contributed by atoms with E-state index in [1.807, 2.05) is 20.8 Å². The number of allylic oxidation sites excluding steroid dienone is 2. The maximum absolute atomic E-state index is 12.6. The quantitative estimate of drug-likeness (QED) is 0.485. The Kier molecular flexibility index (Phi) is 4.42. The molecule has 2 rings (SSSR count). The second-order valence-corrected chi connectivity index (χ2v) is 8.30. The summed E-state index contributed by atoms with van der Waals surface area (Å²) in [6.07, 6.45) is 5.16. The molecule has 0 saturated heterocycles. The van der Waals surface area contributed by atoms with Crippen molar-refractivity contribution in [1.82, 2.24) is 0 Å². The summed E-state index contributed by atoms with van der Waals surface area (Å²) in [7, 11) is -1.23. The molecule has 0 spiro atoms. The van der Waals surface area contributed by atoms with Gasteiger partial charge in [0, 0.05) is 38.8 Å². The van der Waals surface area contributed by atoms with E-state index >= 15 is 0 Å². The van der Waals surface area contributed by atoms with E-state index < -0.39 is 25.7 Å². The van der Waals surface area contributed by atoms with Gasteiger partial charge in [-0.3, -0.25) is 19.1 Å². The van der Waals surface area contributed by atoms with Crippen LogP contribution in [0.15, 0.2) is 48.1 Å². The fraction of sp³-hybridized carbons (Fsp3) is 0.312. The fourth-order valence-electron chi connectivity index (χ4n) is 2.13. The summed E-state index contributed by atoms with van der Waals surface area (Å²) in [6, 6.07) is 5.45. The molecule has 0 aliphatic heterocycles. The third-order valence-corrected chi connectivity index (χ3v) is 5.38. The van der Waals surface area contributed by atoms with Crippen molar-refractivity contribution in [1.29, 1.82) is 0 Å². The maximum atomic E-state index is 12.6. The molecule has 22 heavy (non-hydrogen) atoms. The van der Waals surface area contributed by atoms with Crippen LogP contribution in [0.5, 0.6) is 0 Å². The lowest BCUT2D eigenvalue weighted by atomic mass is 10.0. The van der Waals surface area contributed by atoms with Crippen molar-refractivity contribution in [3.8, 4) is 0 Å². The molecule has 0 bridgehead atoms. The van der Waals surface area contributed by atoms with E-state index in [0.717, 1.165) is 0 Å². The number of nitrogens with zero attached hydrogens (tertiary/aromatic N) is 1. The Bertz CT molecular complexity index is 696. The molecule has 2 atom stereocenters. The second-order valence-electron chi connectivity index (χ2n) is 5.97. The molecule has 5 nitrogen and oxygen atoms in total. The summed E-state index contributed by atoms with van der Waals surface area (Å²) in [6.45, 7) is 5.59. The lowest BCUT2D eigenvalue weighted by molar-refractivity contribution is -0.384. The highest BCUT2D eigenvalue weighted by molar-refractivity contribution is 7.87. The minimum atomic E-state index is -1.23. The van der Waals surface area contributed by atoms with Gasteiger partial charge in [-0.25, -0.2) is 0 Å². The average molecular weight is 319 g/mol. The van der Waals surface area contributed by atoms with Crippen LogP contribution in [-0.4, -0.2) is 24.9 Å². The van der Waals surface area contributed by atoms with E-state index in [4.69, 9.17) is 0 Å². The summed E-state index contributed by atoms with van der Waals surface area (Å²) in [5.41, 5.74) is 0.753. The molecule has 0 saturated carbocycles. The number of non-ortho nitro benzene ring substituents is 1. The number of carbonyl (C=O) groups is 1. The summed E-state index contributed by atoms with van der Waals surface area (Å²) >= 11 is 0. The van der Waals surface area contributed by atoms with Gasteiger partial charge in [-0.2, -0.15) is 0 Å². The van der Waals surface area contributed by atoms with E-state index in [1.54, 1.807) is 18.2 Å². The molecule has 0 amide bonds. The third kappa shape index (κ3) is 3.22. The minimum absolute atomic E-state index is 0.0649. The molecule has 116 valence electrons. The topological polar surface area (TPSA) is 77.3 Å². The van der Waals surface area contributed by atoms with Crippen LogP contribution in [0.4, 0.5) is 5.69 Å². The number of hydrogen-bond donors (Lipinski definition) is 0. The van der Waals surface area contributed by atoms with Gasteiger partial charge in [-0.05, 0) is 32.9 Å². The van der Waals surface area contributed by atoms with Crippen molar-refractivity contribution in [2.24, 2.45) is 0 Å². The minimum Gasteiger partial charge on any atom is -0.289 e. The van der Waals surface area contributed by atoms with Gasteiger partial charge < -0.3 is 0 Å². The van der Waals surface area contributed by atoms with Crippen molar-refractivity contribution in [3.63, 3.8) is 0 Å². The smallest absolute Gasteiger partial charge is 0.269 e. The molecule has 1 aliphatic carbocycles. The maximum Gasteiger partial charge on any atom is 0.269 e. The monoisotopic (exact) mass is 319 g/mol. The van der Waals surface area contributed by atoms with Crippen LogP contribution >= 0.6 is 0 Å². The van der Waals surface area contributed by atoms with Gasteiger partial charge in [-0.15, -0.1) is 0 Å². The van der Waals surface area contributed by atoms with E-state index in [9.17, 15) is 19.1 Å². The molecule has 0 aromatic heterocycles. The highest BCUT2D eigenvalue weighted by atomic mass is 32.2. The van der Waals surface area contributed by atoms with Gasteiger partial charge >= 0.3 is 0 Å². The van der Waals surface area contributed by atoms with Crippen molar-refractivity contribution < 1.29 is 13.9 Å². The number of carbonyl (C=O) groups excluding carboxylic acids is 1. The number of benzene rings is 1. The predicted octanol–water partition coefficient (Wildman–Crippen LogP) is 3.19. The summed E-state index contributed by atoms with van der Waals surface area (Å²) < 4.78 is 12.1. The summed E-state index contributed by atoms with van der Waals surface area (Å²) in [5.74, 6) is -0.248. The Balaban J connectivity index is 2.26. The molecular formula is C16H17NO4S. The van der Waals surface area contributed by atoms with Crippen LogP contribution in [0.25, 0.3) is 0 Å². The SMILES string of the molecule is CC(C)(C)S(=O)C1C=CC=C1C(=O)c1ccc([N+](=O)[O-])cc1. The highest BCUT2D eigenvalue weighted by Gasteiger charge is 2.33. The standard InChI is InChI=1S/C16H17NO4S/c1-16(2,3)22(21)14-6-4-5-13(14)15(18)11-7-9-12(10-8-11)17(19)20/h4-10,14H,1-3H3. The normalized spacial score (nSPS) is 18.9. The van der Waals surface area contributed by atoms with Crippen molar-refractivity contribution in [2.75, 3.05) is 0 Å². The largest absolute Gasteiger partial charge is 0.289 e. The Labute approximate surface area is 131 Å². The van der Waals surface area contributed by atoms with Gasteiger partial charge in [0.15, 0.2) is 5.78 Å². The van der Waals surface area contributed by atoms with Crippen LogP contribution in [0, 0.1) is 10.1 Å². The van der Waals surface area contributed by atoms with Gasteiger partial charge in [0.25, 0.3) is 5.69 Å². The number of ketones is 1. The number of Topliss-reactive ketones (excluding diaryl/α,β-unsaturated/α-hetero) is 1. The lowest BCUT2D eigenvalue weighted by Crippen LogP contribution is -2.32. The first-order valence-electron chi connectivity index (χ1n) is 6.80. The van der Waals surface area contributed by atoms with Gasteiger partial charge in [0.05, 0.1) is 10.2 Å². The molecule has 0 heterocycles. The molecule has 6 heteroatoms. The first-order chi connectivity index (χ1) is 10.2. The molecular weight excluding hydrogens is 302 g/mol. The van der Waals surface area contributed by atoms with Crippen molar-refractivity contribution in [2.45, 2.75) is 30.8 Å². The van der Waals surface area contributed by atoms with Crippen LogP contribution in [0.2, 0.25) is 0 Å². The summed E-state index contributed by atoms with van der Waals surface area (Å²) in [4.78, 5) is 22.7. The molecule has 1 aromatic rings. The van der Waals surface area contributed by atoms with Crippen LogP contribution < -0.4 is 0 Å². The van der Waals surface area contributed by atoms with E-state index in [-0.39, 0.29) is 11.5 Å². The Hall–Kier alpha value is -2.08. The number of nitro benzene ring substituents is 1. The fourth-order valence-corrected chi connectivity index (χ4v) is 3.54. The highest BCUT2D eigenvalue weighted by Crippen LogP contribution is 2.28. The zero-order valence-electron chi connectivity index (χ0n) is 12.6. The van der Waals surface area contributed by atoms with E-state index in [2.05, 4.69) is 0 Å². The third-order valence-electron chi connectivity index (χ3n) is 3.30. The molecule has 0 fully saturated rings. The molecule has 1 aromatic carbocycles. The lowest BCUT2D eigenvalue weighted by Gasteiger charge is -2.23. The number of hydrogen-bond acceptors (Lipinski definition) is 4. The molecule has 0 N–H and O–H groups in total. The number of nitro groups is 1. The molecule has 0 radical (unpaired) electrons. The number of rotatable bonds is 4. The average Bonchev–Trinajstić information content (AvgIpc) is 2.93. The second kappa shape index (κ2) is 5.96. The predicted molar refractivity (Wildman–Crippen MR) is 86.3 cm³/mol. The van der Waals surface area contributed by atoms with Gasteiger partial charge in [0.2, 0.25) is 0 Å². The zero-order valence-corrected chi connectivity index (χ0v) is 13.4. The zero-order chi connectivity index (χ0) is 16.5. The Morgan fingerprint density at radius 1 is 1.23 bits per heavy atom. The van der Waals surface area contributed by atoms with Crippen LogP contribution in [0.3, 0.4) is 0 Å². The van der Waals surface area contributed by atoms with E-state index in [0.29, 0.717) is 11.1 Å².